The quantitative estimate of drug-likeness (QED) is 0.882. The summed E-state index contributed by atoms with van der Waals surface area (Å²) in [5.74, 6) is 0.778. The molecule has 0 bridgehead atoms. The third-order valence-corrected chi connectivity index (χ3v) is 4.39. The van der Waals surface area contributed by atoms with E-state index in [1.54, 1.807) is 7.11 Å². The van der Waals surface area contributed by atoms with Gasteiger partial charge in [0.1, 0.15) is 5.75 Å². The molecule has 6 heteroatoms. The molecule has 0 aliphatic carbocycles. The van der Waals surface area contributed by atoms with Gasteiger partial charge in [-0.05, 0) is 50.1 Å². The van der Waals surface area contributed by atoms with Crippen molar-refractivity contribution < 1.29 is 9.84 Å². The summed E-state index contributed by atoms with van der Waals surface area (Å²) in [5.41, 5.74) is 1.73. The standard InChI is InChI=1S/C11H9Br2NO2S/c1-16-6-2-3-7(8(12)4-6)10-9(5-15)17-11(13)14-10/h2-4,15H,5H2,1H3. The first-order valence-corrected chi connectivity index (χ1v) is 7.16. The van der Waals surface area contributed by atoms with Crippen molar-refractivity contribution in [1.82, 2.24) is 4.98 Å². The van der Waals surface area contributed by atoms with Gasteiger partial charge in [0.15, 0.2) is 3.92 Å². The van der Waals surface area contributed by atoms with Crippen molar-refractivity contribution in [2.75, 3.05) is 7.11 Å². The van der Waals surface area contributed by atoms with Crippen molar-refractivity contribution in [1.29, 1.82) is 0 Å². The van der Waals surface area contributed by atoms with Crippen LogP contribution in [0.15, 0.2) is 26.6 Å². The topological polar surface area (TPSA) is 42.4 Å². The van der Waals surface area contributed by atoms with Crippen molar-refractivity contribution in [3.05, 3.63) is 31.5 Å². The maximum Gasteiger partial charge on any atom is 0.160 e. The minimum absolute atomic E-state index is 0.0168. The third kappa shape index (κ3) is 2.70. The van der Waals surface area contributed by atoms with Gasteiger partial charge in [-0.15, -0.1) is 11.3 Å². The van der Waals surface area contributed by atoms with Gasteiger partial charge in [0.2, 0.25) is 0 Å². The molecule has 0 fully saturated rings. The Hall–Kier alpha value is -0.430. The number of aliphatic hydroxyl groups excluding tert-OH is 1. The SMILES string of the molecule is COc1ccc(-c2nc(Br)sc2CO)c(Br)c1. The molecule has 0 saturated heterocycles. The molecule has 0 radical (unpaired) electrons. The summed E-state index contributed by atoms with van der Waals surface area (Å²) in [6, 6.07) is 5.67. The van der Waals surface area contributed by atoms with Gasteiger partial charge in [-0.1, -0.05) is 0 Å². The van der Waals surface area contributed by atoms with Gasteiger partial charge in [-0.25, -0.2) is 4.98 Å². The molecule has 2 aromatic rings. The highest BCUT2D eigenvalue weighted by molar-refractivity contribution is 9.11. The molecule has 1 heterocycles. The van der Waals surface area contributed by atoms with E-state index in [4.69, 9.17) is 4.74 Å². The molecule has 0 atom stereocenters. The zero-order valence-corrected chi connectivity index (χ0v) is 12.9. The fraction of sp³-hybridized carbons (Fsp3) is 0.182. The van der Waals surface area contributed by atoms with Crippen LogP contribution in [0.5, 0.6) is 5.75 Å². The van der Waals surface area contributed by atoms with Gasteiger partial charge < -0.3 is 9.84 Å². The van der Waals surface area contributed by atoms with Gasteiger partial charge in [-0.3, -0.25) is 0 Å². The van der Waals surface area contributed by atoms with Crippen LogP contribution in [0.4, 0.5) is 0 Å². The van der Waals surface area contributed by atoms with E-state index in [-0.39, 0.29) is 6.61 Å². The molecular formula is C11H9Br2NO2S. The molecule has 17 heavy (non-hydrogen) atoms. The van der Waals surface area contributed by atoms with E-state index in [0.29, 0.717) is 0 Å². The molecule has 1 aromatic heterocycles. The predicted molar refractivity (Wildman–Crippen MR) is 75.4 cm³/mol. The Balaban J connectivity index is 2.52. The van der Waals surface area contributed by atoms with Crippen LogP contribution in [0.2, 0.25) is 0 Å². The van der Waals surface area contributed by atoms with Gasteiger partial charge in [-0.2, -0.15) is 0 Å². The minimum atomic E-state index is -0.0168. The number of aromatic nitrogens is 1. The molecule has 0 aliphatic heterocycles. The Morgan fingerprint density at radius 2 is 2.18 bits per heavy atom. The molecule has 1 aromatic carbocycles. The van der Waals surface area contributed by atoms with Gasteiger partial charge >= 0.3 is 0 Å². The predicted octanol–water partition coefficient (Wildman–Crippen LogP) is 3.84. The molecule has 2 rings (SSSR count). The number of aliphatic hydroxyl groups is 1. The first-order chi connectivity index (χ1) is 8.15. The first kappa shape index (κ1) is 13.0. The van der Waals surface area contributed by atoms with Crippen molar-refractivity contribution >= 4 is 43.2 Å². The molecule has 0 unspecified atom stereocenters. The molecular weight excluding hydrogens is 370 g/mol. The minimum Gasteiger partial charge on any atom is -0.497 e. The molecule has 90 valence electrons. The Labute approximate surface area is 120 Å². The lowest BCUT2D eigenvalue weighted by Crippen LogP contribution is -1.88. The van der Waals surface area contributed by atoms with E-state index in [9.17, 15) is 5.11 Å². The van der Waals surface area contributed by atoms with Crippen molar-refractivity contribution in [2.24, 2.45) is 0 Å². The number of benzene rings is 1. The fourth-order valence-electron chi connectivity index (χ4n) is 1.46. The molecule has 0 spiro atoms. The molecule has 1 N–H and O–H groups in total. The highest BCUT2D eigenvalue weighted by Crippen LogP contribution is 2.36. The number of methoxy groups -OCH3 is 1. The van der Waals surface area contributed by atoms with Crippen LogP contribution in [0.25, 0.3) is 11.3 Å². The smallest absolute Gasteiger partial charge is 0.160 e. The normalized spacial score (nSPS) is 10.6. The third-order valence-electron chi connectivity index (χ3n) is 2.25. The first-order valence-electron chi connectivity index (χ1n) is 4.75. The van der Waals surface area contributed by atoms with E-state index >= 15 is 0 Å². The summed E-state index contributed by atoms with van der Waals surface area (Å²) in [5, 5.41) is 9.29. The fourth-order valence-corrected chi connectivity index (χ4v) is 3.42. The van der Waals surface area contributed by atoms with Crippen molar-refractivity contribution in [3.63, 3.8) is 0 Å². The van der Waals surface area contributed by atoms with E-state index in [1.807, 2.05) is 18.2 Å². The van der Waals surface area contributed by atoms with E-state index in [0.717, 1.165) is 30.3 Å². The number of hydrogen-bond donors (Lipinski definition) is 1. The lowest BCUT2D eigenvalue weighted by Gasteiger charge is -2.06. The van der Waals surface area contributed by atoms with Crippen LogP contribution in [-0.2, 0) is 6.61 Å². The average molecular weight is 379 g/mol. The van der Waals surface area contributed by atoms with E-state index < -0.39 is 0 Å². The van der Waals surface area contributed by atoms with Crippen LogP contribution in [0, 0.1) is 0 Å². The van der Waals surface area contributed by atoms with E-state index in [2.05, 4.69) is 36.8 Å². The van der Waals surface area contributed by atoms with Crippen molar-refractivity contribution in [2.45, 2.75) is 6.61 Å². The van der Waals surface area contributed by atoms with Crippen LogP contribution < -0.4 is 4.74 Å². The van der Waals surface area contributed by atoms with Crippen molar-refractivity contribution in [3.8, 4) is 17.0 Å². The largest absolute Gasteiger partial charge is 0.497 e. The highest BCUT2D eigenvalue weighted by Gasteiger charge is 2.14. The summed E-state index contributed by atoms with van der Waals surface area (Å²) in [7, 11) is 1.63. The highest BCUT2D eigenvalue weighted by atomic mass is 79.9. The Morgan fingerprint density at radius 3 is 2.76 bits per heavy atom. The van der Waals surface area contributed by atoms with Gasteiger partial charge in [0, 0.05) is 10.0 Å². The number of ether oxygens (including phenoxy) is 1. The van der Waals surface area contributed by atoms with E-state index in [1.165, 1.54) is 11.3 Å². The maximum atomic E-state index is 9.29. The maximum absolute atomic E-state index is 9.29. The number of nitrogens with zero attached hydrogens (tertiary/aromatic N) is 1. The van der Waals surface area contributed by atoms with Crippen LogP contribution in [0.1, 0.15) is 4.88 Å². The lowest BCUT2D eigenvalue weighted by atomic mass is 10.1. The number of halogens is 2. The molecule has 0 aliphatic rings. The Bertz CT molecular complexity index is 542. The van der Waals surface area contributed by atoms with Gasteiger partial charge in [0.25, 0.3) is 0 Å². The average Bonchev–Trinajstić information content (AvgIpc) is 2.70. The zero-order chi connectivity index (χ0) is 12.4. The summed E-state index contributed by atoms with van der Waals surface area (Å²) < 4.78 is 6.80. The summed E-state index contributed by atoms with van der Waals surface area (Å²) in [6.45, 7) is -0.0168. The van der Waals surface area contributed by atoms with Crippen LogP contribution in [0.3, 0.4) is 0 Å². The summed E-state index contributed by atoms with van der Waals surface area (Å²) >= 11 is 8.25. The second-order valence-electron chi connectivity index (χ2n) is 3.24. The second-order valence-corrected chi connectivity index (χ2v) is 6.46. The lowest BCUT2D eigenvalue weighted by molar-refractivity contribution is 0.286. The zero-order valence-electron chi connectivity index (χ0n) is 8.91. The number of hydrogen-bond acceptors (Lipinski definition) is 4. The summed E-state index contributed by atoms with van der Waals surface area (Å²) in [4.78, 5) is 5.21. The monoisotopic (exact) mass is 377 g/mol. The number of thiazole rings is 1. The molecule has 0 saturated carbocycles. The van der Waals surface area contributed by atoms with Crippen LogP contribution in [-0.4, -0.2) is 17.2 Å². The summed E-state index contributed by atoms with van der Waals surface area (Å²) in [6.07, 6.45) is 0. The molecule has 3 nitrogen and oxygen atoms in total. The Kier molecular flexibility index (Phi) is 4.19. The second kappa shape index (κ2) is 5.48. The number of rotatable bonds is 3. The van der Waals surface area contributed by atoms with Crippen LogP contribution >= 0.6 is 43.2 Å². The molecule has 0 amide bonds. The Morgan fingerprint density at radius 1 is 1.41 bits per heavy atom. The van der Waals surface area contributed by atoms with Gasteiger partial charge in [0.05, 0.1) is 24.3 Å².